The predicted octanol–water partition coefficient (Wildman–Crippen LogP) is 17.6. The molecule has 0 fully saturated rings. The molecule has 0 saturated carbocycles. The number of hydrogen-bond donors (Lipinski definition) is 0. The fraction of sp³-hybridized carbons (Fsp3) is 0.772. The molecule has 0 N–H and O–H groups in total. The van der Waals surface area contributed by atoms with Gasteiger partial charge < -0.3 is 14.2 Å². The van der Waals surface area contributed by atoms with Gasteiger partial charge in [-0.3, -0.25) is 14.4 Å². The average Bonchev–Trinajstić information content (AvgIpc) is 3.28. The third-order valence-electron chi connectivity index (χ3n) is 11.5. The first kappa shape index (κ1) is 60.1. The van der Waals surface area contributed by atoms with Crippen LogP contribution in [0.15, 0.2) is 60.8 Å². The lowest BCUT2D eigenvalue weighted by molar-refractivity contribution is -0.167. The van der Waals surface area contributed by atoms with Gasteiger partial charge >= 0.3 is 17.9 Å². The zero-order chi connectivity index (χ0) is 45.8. The molecule has 6 heteroatoms. The third kappa shape index (κ3) is 50.0. The van der Waals surface area contributed by atoms with Crippen LogP contribution in [0.4, 0.5) is 0 Å². The smallest absolute Gasteiger partial charge is 0.306 e. The Bertz CT molecular complexity index is 1150. The van der Waals surface area contributed by atoms with Crippen molar-refractivity contribution in [1.29, 1.82) is 0 Å². The lowest BCUT2D eigenvalue weighted by Gasteiger charge is -2.18. The van der Waals surface area contributed by atoms with Crippen LogP contribution >= 0.6 is 0 Å². The van der Waals surface area contributed by atoms with Gasteiger partial charge in [-0.15, -0.1) is 0 Å². The molecule has 1 atom stereocenters. The van der Waals surface area contributed by atoms with Crippen molar-refractivity contribution >= 4 is 17.9 Å². The SMILES string of the molecule is CC/C=C\C/C=C\C/C=C\CCCCCCCC(=O)OC(COC(=O)CCCCCCCCCCC)COC(=O)CCCCCCCCCCC/C=C\C/C=C\CCCCCCC. The zero-order valence-electron chi connectivity index (χ0n) is 41.6. The van der Waals surface area contributed by atoms with Crippen LogP contribution in [0.3, 0.4) is 0 Å². The first-order valence-electron chi connectivity index (χ1n) is 26.8. The van der Waals surface area contributed by atoms with Crippen molar-refractivity contribution in [3.05, 3.63) is 60.8 Å². The van der Waals surface area contributed by atoms with E-state index in [0.29, 0.717) is 19.3 Å². The lowest BCUT2D eigenvalue weighted by atomic mass is 10.1. The van der Waals surface area contributed by atoms with Gasteiger partial charge in [-0.1, -0.05) is 223 Å². The van der Waals surface area contributed by atoms with Gasteiger partial charge in [0.2, 0.25) is 0 Å². The predicted molar refractivity (Wildman–Crippen MR) is 270 cm³/mol. The highest BCUT2D eigenvalue weighted by molar-refractivity contribution is 5.71. The van der Waals surface area contributed by atoms with E-state index in [4.69, 9.17) is 14.2 Å². The van der Waals surface area contributed by atoms with Crippen LogP contribution in [0.1, 0.15) is 265 Å². The van der Waals surface area contributed by atoms with E-state index in [9.17, 15) is 14.4 Å². The summed E-state index contributed by atoms with van der Waals surface area (Å²) in [6, 6.07) is 0. The van der Waals surface area contributed by atoms with Crippen molar-refractivity contribution < 1.29 is 28.6 Å². The number of hydrogen-bond acceptors (Lipinski definition) is 6. The fourth-order valence-electron chi connectivity index (χ4n) is 7.49. The Morgan fingerprint density at radius 2 is 0.619 bits per heavy atom. The van der Waals surface area contributed by atoms with Gasteiger partial charge in [-0.25, -0.2) is 0 Å². The van der Waals surface area contributed by atoms with Crippen molar-refractivity contribution in [3.8, 4) is 0 Å². The summed E-state index contributed by atoms with van der Waals surface area (Å²) in [6.45, 7) is 6.49. The van der Waals surface area contributed by atoms with Crippen LogP contribution in [0.5, 0.6) is 0 Å². The van der Waals surface area contributed by atoms with E-state index in [2.05, 4.69) is 81.5 Å². The highest BCUT2D eigenvalue weighted by atomic mass is 16.6. The molecular formula is C57H100O6. The van der Waals surface area contributed by atoms with Crippen molar-refractivity contribution in [3.63, 3.8) is 0 Å². The maximum absolute atomic E-state index is 12.8. The Morgan fingerprint density at radius 3 is 0.968 bits per heavy atom. The molecule has 0 spiro atoms. The van der Waals surface area contributed by atoms with E-state index >= 15 is 0 Å². The van der Waals surface area contributed by atoms with Gasteiger partial charge in [-0.05, 0) is 83.5 Å². The summed E-state index contributed by atoms with van der Waals surface area (Å²) in [6.07, 6.45) is 63.5. The van der Waals surface area contributed by atoms with Gasteiger partial charge in [0.15, 0.2) is 6.10 Å². The Kier molecular flexibility index (Phi) is 49.4. The molecule has 0 rings (SSSR count). The van der Waals surface area contributed by atoms with Gasteiger partial charge in [0.05, 0.1) is 0 Å². The molecule has 0 bridgehead atoms. The molecule has 0 aliphatic rings. The van der Waals surface area contributed by atoms with E-state index < -0.39 is 6.10 Å². The van der Waals surface area contributed by atoms with E-state index in [0.717, 1.165) is 103 Å². The number of ether oxygens (including phenoxy) is 3. The molecule has 0 aliphatic heterocycles. The monoisotopic (exact) mass is 881 g/mol. The van der Waals surface area contributed by atoms with Crippen LogP contribution in [-0.4, -0.2) is 37.2 Å². The molecule has 0 aromatic rings. The second-order valence-corrected chi connectivity index (χ2v) is 17.8. The largest absolute Gasteiger partial charge is 0.462 e. The molecule has 0 heterocycles. The maximum atomic E-state index is 12.8. The Labute approximate surface area is 390 Å². The van der Waals surface area contributed by atoms with Crippen LogP contribution in [0.25, 0.3) is 0 Å². The topological polar surface area (TPSA) is 78.9 Å². The van der Waals surface area contributed by atoms with Crippen LogP contribution in [0, 0.1) is 0 Å². The van der Waals surface area contributed by atoms with E-state index in [1.807, 2.05) is 0 Å². The quantitative estimate of drug-likeness (QED) is 0.0262. The molecule has 0 radical (unpaired) electrons. The number of carbonyl (C=O) groups excluding carboxylic acids is 3. The molecule has 0 aromatic carbocycles. The first-order chi connectivity index (χ1) is 31.0. The molecule has 0 amide bonds. The number of rotatable bonds is 48. The Balaban J connectivity index is 4.29. The van der Waals surface area contributed by atoms with E-state index in [-0.39, 0.29) is 31.1 Å². The van der Waals surface area contributed by atoms with Gasteiger partial charge in [0.1, 0.15) is 13.2 Å². The number of esters is 3. The van der Waals surface area contributed by atoms with Crippen molar-refractivity contribution in [2.45, 2.75) is 271 Å². The number of unbranched alkanes of at least 4 members (excludes halogenated alkanes) is 27. The minimum Gasteiger partial charge on any atom is -0.462 e. The van der Waals surface area contributed by atoms with E-state index in [1.165, 1.54) is 122 Å². The van der Waals surface area contributed by atoms with Crippen LogP contribution in [0.2, 0.25) is 0 Å². The van der Waals surface area contributed by atoms with Crippen LogP contribution < -0.4 is 0 Å². The summed E-state index contributed by atoms with van der Waals surface area (Å²) >= 11 is 0. The molecule has 364 valence electrons. The van der Waals surface area contributed by atoms with Gasteiger partial charge in [-0.2, -0.15) is 0 Å². The highest BCUT2D eigenvalue weighted by Crippen LogP contribution is 2.15. The summed E-state index contributed by atoms with van der Waals surface area (Å²) in [5.41, 5.74) is 0. The number of allylic oxidation sites excluding steroid dienone is 10. The van der Waals surface area contributed by atoms with Crippen LogP contribution in [-0.2, 0) is 28.6 Å². The first-order valence-corrected chi connectivity index (χ1v) is 26.8. The second-order valence-electron chi connectivity index (χ2n) is 17.8. The molecule has 0 aromatic heterocycles. The molecule has 0 aliphatic carbocycles. The summed E-state index contributed by atoms with van der Waals surface area (Å²) in [7, 11) is 0. The minimum absolute atomic E-state index is 0.0812. The molecule has 0 saturated heterocycles. The lowest BCUT2D eigenvalue weighted by Crippen LogP contribution is -2.30. The standard InChI is InChI=1S/C57H100O6/c1-4-7-10-13-16-19-21-23-25-26-27-28-29-30-32-33-35-38-41-44-47-50-56(59)62-53-54(52-61-55(58)49-46-43-40-37-18-15-12-9-6-3)63-57(60)51-48-45-42-39-36-34-31-24-22-20-17-14-11-8-5-2/h8,11,17,20-21,23-24,26-27,31,54H,4-7,9-10,12-16,18-19,22,25,28-30,32-53H2,1-3H3/b11-8-,20-17-,23-21-,27-26-,31-24-. The van der Waals surface area contributed by atoms with Gasteiger partial charge in [0.25, 0.3) is 0 Å². The molecular weight excluding hydrogens is 781 g/mol. The van der Waals surface area contributed by atoms with Crippen molar-refractivity contribution in [2.24, 2.45) is 0 Å². The number of carbonyl (C=O) groups is 3. The Hall–Kier alpha value is -2.89. The summed E-state index contributed by atoms with van der Waals surface area (Å²) in [5, 5.41) is 0. The second kappa shape index (κ2) is 51.7. The summed E-state index contributed by atoms with van der Waals surface area (Å²) in [4.78, 5) is 37.9. The normalized spacial score (nSPS) is 12.5. The van der Waals surface area contributed by atoms with E-state index in [1.54, 1.807) is 0 Å². The van der Waals surface area contributed by atoms with Crippen molar-refractivity contribution in [1.82, 2.24) is 0 Å². The maximum Gasteiger partial charge on any atom is 0.306 e. The fourth-order valence-corrected chi connectivity index (χ4v) is 7.49. The average molecular weight is 881 g/mol. The molecule has 1 unspecified atom stereocenters. The molecule has 63 heavy (non-hydrogen) atoms. The highest BCUT2D eigenvalue weighted by Gasteiger charge is 2.19. The summed E-state index contributed by atoms with van der Waals surface area (Å²) < 4.78 is 16.8. The zero-order valence-corrected chi connectivity index (χ0v) is 41.6. The van der Waals surface area contributed by atoms with Gasteiger partial charge in [0, 0.05) is 19.3 Å². The minimum atomic E-state index is -0.782. The Morgan fingerprint density at radius 1 is 0.333 bits per heavy atom. The third-order valence-corrected chi connectivity index (χ3v) is 11.5. The van der Waals surface area contributed by atoms with Crippen molar-refractivity contribution in [2.75, 3.05) is 13.2 Å². The molecule has 6 nitrogen and oxygen atoms in total. The summed E-state index contributed by atoms with van der Waals surface area (Å²) in [5.74, 6) is -0.900.